The second-order valence-corrected chi connectivity index (χ2v) is 27.9. The lowest BCUT2D eigenvalue weighted by Gasteiger charge is -2.33. The van der Waals surface area contributed by atoms with Crippen LogP contribution >= 0.6 is 0 Å². The first-order valence-corrected chi connectivity index (χ1v) is 36.0. The highest BCUT2D eigenvalue weighted by Gasteiger charge is 2.45. The number of aromatic hydroxyl groups is 1. The Morgan fingerprint density at radius 2 is 0.944 bits per heavy atom. The Morgan fingerprint density at radius 1 is 0.505 bits per heavy atom. The van der Waals surface area contributed by atoms with Gasteiger partial charge in [0, 0.05) is 56.0 Å². The highest BCUT2D eigenvalue weighted by atomic mass is 16.4. The highest BCUT2D eigenvalue weighted by molar-refractivity contribution is 6.00. The van der Waals surface area contributed by atoms with Crippen molar-refractivity contribution in [2.24, 2.45) is 34.0 Å². The molecule has 12 atom stereocenters. The van der Waals surface area contributed by atoms with Crippen molar-refractivity contribution in [3.8, 4) is 5.75 Å². The van der Waals surface area contributed by atoms with Gasteiger partial charge in [0.15, 0.2) is 5.96 Å². The first kappa shape index (κ1) is 83.3. The number of aliphatic hydroxyl groups excluding tert-OH is 2. The SMILES string of the molecule is CC(C)C[C@H](NC(=O)[C@H](CO)NC(=O)[C@H](CO)NC(=O)[C@H](CCCN=C(N)N)NC(=O)[C@H](Cc1ccccc1)NC(=O)[C@H](CC(C)C)NC(=O)[C@@H]1CCCN1C(=O)[C@@H]1CCCN1C(=O)[C@H](C)NC(=O)[C@@H](N)Cc1c[nH]c2ccccc12)C(=O)N[C@@H](Cc1ccccc1)C(=O)N[C@@H](Cc1ccc(O)cc1)C(=O)O. The van der Waals surface area contributed by atoms with E-state index in [1.165, 1.54) is 41.0 Å². The molecule has 32 nitrogen and oxygen atoms in total. The van der Waals surface area contributed by atoms with Crippen LogP contribution in [0, 0.1) is 11.8 Å². The minimum absolute atomic E-state index is 0.0415. The van der Waals surface area contributed by atoms with Gasteiger partial charge in [0.25, 0.3) is 0 Å². The number of aliphatic hydroxyl groups is 2. The number of carbonyl (C=O) groups excluding carboxylic acids is 11. The number of aliphatic carboxylic acids is 1. The maximum atomic E-state index is 14.8. The number of phenolic OH excluding ortho intramolecular Hbond substituents is 1. The molecule has 32 heteroatoms. The maximum Gasteiger partial charge on any atom is 0.326 e. The molecule has 11 amide bonds. The summed E-state index contributed by atoms with van der Waals surface area (Å²) in [5, 5.41) is 65.2. The van der Waals surface area contributed by atoms with Crippen molar-refractivity contribution < 1.29 is 78.0 Å². The van der Waals surface area contributed by atoms with Gasteiger partial charge in [0.1, 0.15) is 72.2 Å². The van der Waals surface area contributed by atoms with Crippen LogP contribution in [0.25, 0.3) is 10.9 Å². The highest BCUT2D eigenvalue weighted by Crippen LogP contribution is 2.27. The Balaban J connectivity index is 1.01. The number of phenols is 1. The molecule has 2 aliphatic rings. The van der Waals surface area contributed by atoms with E-state index in [-0.39, 0.29) is 101 Å². The number of hydrogen-bond acceptors (Lipinski definition) is 17. The Hall–Kier alpha value is -11.0. The standard InChI is InChI=1S/C75H102N16O16/c1-42(2)33-54(65(97)85-57(36-46-19-10-7-11-20-46)68(100)87-58(74(106)107)37-47-26-28-49(94)29-27-47)83-69(101)59(40-92)89-70(102)60(41-93)88-64(96)53(23-14-30-79-75(77)78)82-67(99)56(35-45-17-8-6-9-18-45)84-66(98)55(34-43(3)4)86-71(103)61-24-15-31-90(61)73(105)62-25-16-32-91(62)72(104)44(5)81-63(95)51(76)38-48-39-80-52-22-13-12-21-50(48)52/h6-13,17-22,26-29,39,42-44,51,53-62,80,92-94H,14-16,23-25,30-38,40-41,76H2,1-5H3,(H,81,95)(H,82,99)(H,83,101)(H,84,98)(H,85,97)(H,86,103)(H,87,100)(H,88,96)(H,89,102)(H,106,107)(H4,77,78,79)/t44-,51-,53-,54-,55-,56-,57-,58-,59-,60-,61-,62-/m0/s1. The summed E-state index contributed by atoms with van der Waals surface area (Å²) >= 11 is 0. The number of nitrogens with one attached hydrogen (secondary N) is 10. The second kappa shape index (κ2) is 40.5. The number of carboxylic acid groups (broad SMARTS) is 1. The van der Waals surface area contributed by atoms with E-state index in [1.807, 2.05) is 38.1 Å². The molecule has 2 saturated heterocycles. The number of fused-ring (bicyclic) bond motifs is 1. The lowest BCUT2D eigenvalue weighted by Crippen LogP contribution is -2.61. The smallest absolute Gasteiger partial charge is 0.326 e. The first-order chi connectivity index (χ1) is 51.0. The van der Waals surface area contributed by atoms with Gasteiger partial charge in [0.2, 0.25) is 65.0 Å². The number of carbonyl (C=O) groups is 12. The number of benzene rings is 4. The van der Waals surface area contributed by atoms with E-state index in [0.29, 0.717) is 36.0 Å². The predicted octanol–water partition coefficient (Wildman–Crippen LogP) is -0.949. The van der Waals surface area contributed by atoms with Crippen molar-refractivity contribution in [1.29, 1.82) is 0 Å². The minimum atomic E-state index is -1.86. The number of likely N-dealkylation sites (tertiary alicyclic amines) is 2. The van der Waals surface area contributed by atoms with Crippen molar-refractivity contribution in [1.82, 2.24) is 62.6 Å². The fourth-order valence-corrected chi connectivity index (χ4v) is 13.0. The molecule has 3 heterocycles. The number of aromatic amines is 1. The average molecular weight is 1480 g/mol. The number of rotatable bonds is 39. The Kier molecular flexibility index (Phi) is 31.5. The maximum absolute atomic E-state index is 14.8. The fourth-order valence-electron chi connectivity index (χ4n) is 13.0. The first-order valence-electron chi connectivity index (χ1n) is 36.0. The number of guanidine groups is 1. The summed E-state index contributed by atoms with van der Waals surface area (Å²) in [4.78, 5) is 179. The van der Waals surface area contributed by atoms with Crippen LogP contribution in [-0.4, -0.2) is 217 Å². The summed E-state index contributed by atoms with van der Waals surface area (Å²) in [6.07, 6.45) is 2.78. The number of nitrogens with two attached hydrogens (primary N) is 3. The third-order valence-electron chi connectivity index (χ3n) is 18.6. The summed E-state index contributed by atoms with van der Waals surface area (Å²) in [6.45, 7) is 6.78. The largest absolute Gasteiger partial charge is 0.508 e. The van der Waals surface area contributed by atoms with Crippen LogP contribution in [0.1, 0.15) is 108 Å². The zero-order chi connectivity index (χ0) is 78.0. The Morgan fingerprint density at radius 3 is 1.48 bits per heavy atom. The molecule has 0 spiro atoms. The third-order valence-corrected chi connectivity index (χ3v) is 18.6. The predicted molar refractivity (Wildman–Crippen MR) is 395 cm³/mol. The van der Waals surface area contributed by atoms with Gasteiger partial charge >= 0.3 is 5.97 Å². The summed E-state index contributed by atoms with van der Waals surface area (Å²) < 4.78 is 0. The molecule has 0 radical (unpaired) electrons. The summed E-state index contributed by atoms with van der Waals surface area (Å²) in [5.41, 5.74) is 20.9. The van der Waals surface area contributed by atoms with Crippen LogP contribution in [-0.2, 0) is 83.2 Å². The van der Waals surface area contributed by atoms with E-state index in [2.05, 4.69) is 57.8 Å². The zero-order valence-corrected chi connectivity index (χ0v) is 60.8. The van der Waals surface area contributed by atoms with Crippen LogP contribution in [0.4, 0.5) is 0 Å². The molecule has 1 aromatic heterocycles. The van der Waals surface area contributed by atoms with Crippen LogP contribution in [0.15, 0.2) is 120 Å². The van der Waals surface area contributed by atoms with Crippen LogP contribution < -0.4 is 65.1 Å². The van der Waals surface area contributed by atoms with Gasteiger partial charge < -0.3 is 100 Å². The molecule has 107 heavy (non-hydrogen) atoms. The quantitative estimate of drug-likeness (QED) is 0.0128. The number of aromatic nitrogens is 1. The van der Waals surface area contributed by atoms with E-state index in [9.17, 15) is 78.0 Å². The van der Waals surface area contributed by atoms with Gasteiger partial charge in [-0.1, -0.05) is 119 Å². The summed E-state index contributed by atoms with van der Waals surface area (Å²) in [6, 6.07) is 14.0. The molecule has 20 N–H and O–H groups in total. The Bertz CT molecular complexity index is 3910. The summed E-state index contributed by atoms with van der Waals surface area (Å²) in [5.74, 6) is -11.2. The van der Waals surface area contributed by atoms with Crippen molar-refractivity contribution in [3.63, 3.8) is 0 Å². The molecule has 0 bridgehead atoms. The molecule has 5 aromatic rings. The van der Waals surface area contributed by atoms with Gasteiger partial charge in [-0.05, 0) is 117 Å². The van der Waals surface area contributed by atoms with Crippen molar-refractivity contribution in [2.45, 2.75) is 184 Å². The number of carboxylic acids is 1. The van der Waals surface area contributed by atoms with Crippen molar-refractivity contribution in [3.05, 3.63) is 138 Å². The van der Waals surface area contributed by atoms with Gasteiger partial charge in [-0.15, -0.1) is 0 Å². The number of para-hydroxylation sites is 1. The molecule has 7 rings (SSSR count). The van der Waals surface area contributed by atoms with Crippen LogP contribution in [0.3, 0.4) is 0 Å². The molecular weight excluding hydrogens is 1380 g/mol. The lowest BCUT2D eigenvalue weighted by molar-refractivity contribution is -0.148. The van der Waals surface area contributed by atoms with E-state index in [4.69, 9.17) is 17.2 Å². The molecule has 4 aromatic carbocycles. The fraction of sp³-hybridized carbons (Fsp3) is 0.480. The topological polar surface area (TPSA) is 507 Å². The normalized spacial score (nSPS) is 17.0. The monoisotopic (exact) mass is 1480 g/mol. The van der Waals surface area contributed by atoms with Gasteiger partial charge in [0.05, 0.1) is 19.3 Å². The van der Waals surface area contributed by atoms with E-state index in [1.54, 1.807) is 80.7 Å². The molecule has 0 saturated carbocycles. The number of amides is 11. The Labute approximate surface area is 620 Å². The van der Waals surface area contributed by atoms with Gasteiger partial charge in [-0.2, -0.15) is 0 Å². The van der Waals surface area contributed by atoms with Crippen molar-refractivity contribution in [2.75, 3.05) is 32.8 Å². The molecule has 2 aliphatic heterocycles. The molecular formula is C75H102N16O16. The molecule has 0 unspecified atom stereocenters. The summed E-state index contributed by atoms with van der Waals surface area (Å²) in [7, 11) is 0. The number of aliphatic imine (C=N–C) groups is 1. The van der Waals surface area contributed by atoms with Gasteiger partial charge in [-0.3, -0.25) is 57.7 Å². The van der Waals surface area contributed by atoms with Crippen LogP contribution in [0.5, 0.6) is 5.75 Å². The number of hydrogen-bond donors (Lipinski definition) is 17. The minimum Gasteiger partial charge on any atom is -0.508 e. The zero-order valence-electron chi connectivity index (χ0n) is 60.8. The van der Waals surface area contributed by atoms with Gasteiger partial charge in [-0.25, -0.2) is 4.79 Å². The second-order valence-electron chi connectivity index (χ2n) is 27.9. The van der Waals surface area contributed by atoms with Crippen LogP contribution in [0.2, 0.25) is 0 Å². The van der Waals surface area contributed by atoms with E-state index < -0.39 is 157 Å². The molecule has 2 fully saturated rings. The van der Waals surface area contributed by atoms with E-state index >= 15 is 0 Å². The molecule has 578 valence electrons. The number of H-pyrrole nitrogens is 1. The average Bonchev–Trinajstić information content (AvgIpc) is 1.67. The van der Waals surface area contributed by atoms with E-state index in [0.717, 1.165) is 16.5 Å². The van der Waals surface area contributed by atoms with Crippen molar-refractivity contribution >= 4 is 87.8 Å². The number of nitrogens with zero attached hydrogens (tertiary/aromatic N) is 3. The lowest BCUT2D eigenvalue weighted by atomic mass is 10.00. The third kappa shape index (κ3) is 24.8. The molecule has 0 aliphatic carbocycles.